The van der Waals surface area contributed by atoms with Crippen molar-refractivity contribution in [2.75, 3.05) is 73.9 Å². The van der Waals surface area contributed by atoms with Crippen LogP contribution in [0.4, 0.5) is 0 Å². The van der Waals surface area contributed by atoms with E-state index < -0.39 is 44.2 Å². The van der Waals surface area contributed by atoms with Crippen molar-refractivity contribution in [1.82, 2.24) is 0 Å². The Labute approximate surface area is 659 Å². The maximum atomic E-state index is 11.7. The van der Waals surface area contributed by atoms with Crippen molar-refractivity contribution in [2.45, 2.75) is 468 Å². The van der Waals surface area contributed by atoms with Gasteiger partial charge in [-0.1, -0.05) is 391 Å². The summed E-state index contributed by atoms with van der Waals surface area (Å²) < 4.78 is 70.3. The molecule has 0 atom stereocenters. The quantitative estimate of drug-likeness (QED) is 0.0314. The first-order valence-electron chi connectivity index (χ1n) is 44.5. The summed E-state index contributed by atoms with van der Waals surface area (Å²) in [7, 11) is -18.2. The molecule has 19 heteroatoms. The van der Waals surface area contributed by atoms with E-state index in [4.69, 9.17) is 0 Å². The molecule has 0 rings (SSSR count). The van der Waals surface area contributed by atoms with Gasteiger partial charge in [0.2, 0.25) is 0 Å². The largest absolute Gasteiger partial charge is 6.00 e. The molecule has 0 N–H and O–H groups in total. The minimum atomic E-state index is -3.04. The first-order valence-corrected chi connectivity index (χ1v) is 56.4. The van der Waals surface area contributed by atoms with Crippen LogP contribution in [0.25, 0.3) is 0 Å². The van der Waals surface area contributed by atoms with Crippen LogP contribution in [-0.4, -0.2) is 73.9 Å². The average molecular weight is 1660 g/mol. The van der Waals surface area contributed by atoms with E-state index >= 15 is 0 Å². The minimum absolute atomic E-state index is 0. The van der Waals surface area contributed by atoms with Gasteiger partial charge in [0.15, 0.2) is 0 Å². The topological polar surface area (TPSA) is 241 Å². The first-order chi connectivity index (χ1) is 48.7. The Hall–Kier alpha value is 1.83. The van der Waals surface area contributed by atoms with Crippen LogP contribution in [0.5, 0.6) is 0 Å². The predicted octanol–water partition coefficient (Wildman–Crippen LogP) is 27.4. The molecule has 0 aromatic carbocycles. The normalized spacial score (nSPS) is 11.8. The Morgan fingerprint density at radius 2 is 0.184 bits per heavy atom. The van der Waals surface area contributed by atoms with Gasteiger partial charge in [-0.2, -0.15) is 0 Å². The number of unbranched alkanes of at least 4 members (excludes halogenated alkanes) is 48. The van der Waals surface area contributed by atoms with Gasteiger partial charge in [-0.05, 0) is 151 Å². The van der Waals surface area contributed by atoms with Gasteiger partial charge in [0, 0.05) is 44.2 Å². The van der Waals surface area contributed by atoms with Gasteiger partial charge in [0.05, 0.1) is 0 Å². The molecule has 12 nitrogen and oxygen atoms in total. The fourth-order valence-corrected chi connectivity index (χ4v) is 22.0. The summed E-state index contributed by atoms with van der Waals surface area (Å²) in [5, 5.41) is 0. The molecule has 0 aromatic rings. The predicted molar refractivity (Wildman–Crippen MR) is 449 cm³/mol. The molecule has 0 aromatic heterocycles. The van der Waals surface area contributed by atoms with Crippen LogP contribution in [0.1, 0.15) is 468 Å². The minimum Gasteiger partial charge on any atom is -0.799 e. The Kier molecular flexibility index (Phi) is 104. The Bertz CT molecular complexity index is 1470. The van der Waals surface area contributed by atoms with E-state index in [1.165, 1.54) is 231 Å². The van der Waals surface area contributed by atoms with E-state index in [0.29, 0.717) is 73.9 Å². The van der Waals surface area contributed by atoms with E-state index in [1.807, 2.05) is 0 Å². The summed E-state index contributed by atoms with van der Waals surface area (Å²) in [5.41, 5.74) is 0. The molecule has 0 unspecified atom stereocenters. The Morgan fingerprint density at radius 1 is 0.126 bits per heavy atom. The zero-order chi connectivity index (χ0) is 77.9. The van der Waals surface area contributed by atoms with Gasteiger partial charge in [-0.15, -0.1) is 0 Å². The molecule has 0 amide bonds. The van der Waals surface area contributed by atoms with E-state index in [-0.39, 0.29) is 21.1 Å². The Balaban J connectivity index is -0.000000214. The molecule has 0 bridgehead atoms. The maximum absolute atomic E-state index is 11.7. The second kappa shape index (κ2) is 91.0. The van der Waals surface area contributed by atoms with Gasteiger partial charge in [-0.3, -0.25) is 0 Å². The van der Waals surface area contributed by atoms with Crippen LogP contribution >= 0.6 is 44.2 Å². The molecule has 0 saturated carbocycles. The van der Waals surface area contributed by atoms with Crippen LogP contribution in [0.3, 0.4) is 0 Å². The van der Waals surface area contributed by atoms with Crippen molar-refractivity contribution < 1.29 is 77.8 Å². The standard InChI is InChI=1S/6C14H31O2P.Mo/c6*1-3-5-7-9-11-13-17(15,16)14-12-10-8-6-4-2;/h6*3-14H2,1-2H3,(H,15,16);/q;;;;;;+6/p-6. The third-order valence-electron chi connectivity index (χ3n) is 19.2. The summed E-state index contributed by atoms with van der Waals surface area (Å²) in [4.78, 5) is 70.3. The van der Waals surface area contributed by atoms with Crippen LogP contribution in [0.15, 0.2) is 0 Å². The van der Waals surface area contributed by atoms with Crippen molar-refractivity contribution in [3.8, 4) is 0 Å². The zero-order valence-corrected chi connectivity index (χ0v) is 78.3. The zero-order valence-electron chi connectivity index (χ0n) is 70.9. The van der Waals surface area contributed by atoms with E-state index in [0.717, 1.165) is 154 Å². The van der Waals surface area contributed by atoms with Crippen LogP contribution in [0.2, 0.25) is 0 Å². The van der Waals surface area contributed by atoms with E-state index in [1.54, 1.807) is 0 Å². The summed E-state index contributed by atoms with van der Waals surface area (Å²) >= 11 is 0. The number of hydrogen-bond donors (Lipinski definition) is 0. The molecular weight excluding hydrogens is 1480 g/mol. The van der Waals surface area contributed by atoms with Crippen molar-refractivity contribution in [3.63, 3.8) is 0 Å². The fourth-order valence-electron chi connectivity index (χ4n) is 12.1. The van der Waals surface area contributed by atoms with Gasteiger partial charge in [0.1, 0.15) is 0 Å². The molecule has 0 radical (unpaired) electrons. The van der Waals surface area contributed by atoms with Gasteiger partial charge in [0.25, 0.3) is 0 Å². The Morgan fingerprint density at radius 3 is 0.243 bits per heavy atom. The summed E-state index contributed by atoms with van der Waals surface area (Å²) in [6.07, 6.45) is 72.3. The SMILES string of the molecule is CCCCCCCP(=O)([O-])CCCCCCC.CCCCCCCP(=O)([O-])CCCCCCC.CCCCCCCP(=O)([O-])CCCCCCC.CCCCCCCP(=O)([O-])CCCCCCC.CCCCCCCP(=O)([O-])CCCCCCC.CCCCCCCP(=O)([O-])CCCCCCC.[Mo+6]. The van der Waals surface area contributed by atoms with E-state index in [2.05, 4.69) is 83.1 Å². The smallest absolute Gasteiger partial charge is 0.799 e. The van der Waals surface area contributed by atoms with Crippen LogP contribution in [0, 0.1) is 0 Å². The van der Waals surface area contributed by atoms with Crippen LogP contribution in [-0.2, 0) is 48.5 Å². The number of hydrogen-bond acceptors (Lipinski definition) is 12. The summed E-state index contributed by atoms with van der Waals surface area (Å²) in [6, 6.07) is 0. The second-order valence-corrected chi connectivity index (χ2v) is 45.7. The molecule has 0 saturated heterocycles. The maximum Gasteiger partial charge on any atom is 6.00 e. The molecule has 0 aliphatic carbocycles. The second-order valence-electron chi connectivity index (χ2n) is 30.5. The van der Waals surface area contributed by atoms with Gasteiger partial charge < -0.3 is 56.8 Å². The molecular formula is C84H180MoO12P6. The van der Waals surface area contributed by atoms with E-state index in [9.17, 15) is 56.8 Å². The van der Waals surface area contributed by atoms with Crippen molar-refractivity contribution in [1.29, 1.82) is 0 Å². The molecule has 0 aliphatic heterocycles. The van der Waals surface area contributed by atoms with Crippen molar-refractivity contribution >= 4 is 44.2 Å². The summed E-state index contributed by atoms with van der Waals surface area (Å²) in [6.45, 7) is 26.1. The molecule has 103 heavy (non-hydrogen) atoms. The van der Waals surface area contributed by atoms with Crippen LogP contribution < -0.4 is 29.4 Å². The average Bonchev–Trinajstić information content (AvgIpc) is 1.21. The van der Waals surface area contributed by atoms with Gasteiger partial charge in [-0.25, -0.2) is 0 Å². The molecule has 0 aliphatic rings. The third-order valence-corrected chi connectivity index (χ3v) is 31.2. The molecule has 624 valence electrons. The van der Waals surface area contributed by atoms with Gasteiger partial charge >= 0.3 is 21.1 Å². The molecule has 0 spiro atoms. The molecule has 0 heterocycles. The first kappa shape index (κ1) is 118. The van der Waals surface area contributed by atoms with Crippen molar-refractivity contribution in [2.24, 2.45) is 0 Å². The summed E-state index contributed by atoms with van der Waals surface area (Å²) in [5.74, 6) is 0. The third kappa shape index (κ3) is 112. The molecule has 0 fully saturated rings. The number of rotatable bonds is 72. The van der Waals surface area contributed by atoms with Crippen molar-refractivity contribution in [3.05, 3.63) is 0 Å². The monoisotopic (exact) mass is 1670 g/mol. The fraction of sp³-hybridized carbons (Fsp3) is 1.00.